The maximum Gasteiger partial charge on any atom is 0.409 e. The Hall–Kier alpha value is -2.57. The van der Waals surface area contributed by atoms with Gasteiger partial charge in [-0.2, -0.15) is 0 Å². The molecule has 0 aromatic heterocycles. The van der Waals surface area contributed by atoms with E-state index in [4.69, 9.17) is 4.74 Å². The Labute approximate surface area is 160 Å². The zero-order valence-electron chi connectivity index (χ0n) is 16.6. The van der Waals surface area contributed by atoms with E-state index in [0.29, 0.717) is 38.5 Å². The molecule has 2 rings (SSSR count). The second-order valence-corrected chi connectivity index (χ2v) is 7.11. The summed E-state index contributed by atoms with van der Waals surface area (Å²) in [5.74, 6) is -0.585. The van der Waals surface area contributed by atoms with Gasteiger partial charge in [-0.05, 0) is 44.9 Å². The van der Waals surface area contributed by atoms with Crippen LogP contribution < -0.4 is 5.32 Å². The lowest BCUT2D eigenvalue weighted by molar-refractivity contribution is -0.147. The number of nitrogens with zero attached hydrogens (tertiary/aromatic N) is 2. The first-order valence-electron chi connectivity index (χ1n) is 9.41. The summed E-state index contributed by atoms with van der Waals surface area (Å²) in [7, 11) is 0. The van der Waals surface area contributed by atoms with Crippen LogP contribution in [0.1, 0.15) is 33.3 Å². The highest BCUT2D eigenvalue weighted by Gasteiger charge is 2.40. The van der Waals surface area contributed by atoms with Crippen LogP contribution in [0.2, 0.25) is 0 Å². The van der Waals surface area contributed by atoms with Crippen LogP contribution in [0.25, 0.3) is 0 Å². The van der Waals surface area contributed by atoms with Gasteiger partial charge in [0.2, 0.25) is 11.8 Å². The quantitative estimate of drug-likeness (QED) is 0.802. The minimum absolute atomic E-state index is 0.242. The van der Waals surface area contributed by atoms with Crippen LogP contribution in [-0.4, -0.2) is 60.5 Å². The van der Waals surface area contributed by atoms with Crippen molar-refractivity contribution in [2.24, 2.45) is 5.41 Å². The van der Waals surface area contributed by atoms with Crippen molar-refractivity contribution in [3.8, 4) is 0 Å². The van der Waals surface area contributed by atoms with Gasteiger partial charge in [0.1, 0.15) is 5.41 Å². The highest BCUT2D eigenvalue weighted by molar-refractivity contribution is 6.09. The number of nitrogens with one attached hydrogen (secondary N) is 1. The van der Waals surface area contributed by atoms with Crippen LogP contribution in [0.5, 0.6) is 0 Å². The Bertz CT molecular complexity index is 677. The largest absolute Gasteiger partial charge is 0.450 e. The third-order valence-electron chi connectivity index (χ3n) is 4.82. The fraction of sp³-hybridized carbons (Fsp3) is 0.550. The summed E-state index contributed by atoms with van der Waals surface area (Å²) in [4.78, 5) is 40.6. The van der Waals surface area contributed by atoms with Crippen molar-refractivity contribution in [1.29, 1.82) is 0 Å². The van der Waals surface area contributed by atoms with Gasteiger partial charge in [0, 0.05) is 31.9 Å². The molecule has 0 aliphatic carbocycles. The molecule has 0 spiro atoms. The molecule has 7 heteroatoms. The Balaban J connectivity index is 1.95. The molecular formula is C20H29N3O4. The van der Waals surface area contributed by atoms with E-state index >= 15 is 0 Å². The summed E-state index contributed by atoms with van der Waals surface area (Å²) in [6, 6.07) is 7.60. The fourth-order valence-corrected chi connectivity index (χ4v) is 2.91. The summed E-state index contributed by atoms with van der Waals surface area (Å²) in [6.07, 6.45) is 0.563. The van der Waals surface area contributed by atoms with Crippen LogP contribution in [0.4, 0.5) is 10.5 Å². The molecule has 148 valence electrons. The fourth-order valence-electron chi connectivity index (χ4n) is 2.91. The molecule has 1 aromatic rings. The minimum atomic E-state index is -1.20. The number of ether oxygens (including phenoxy) is 1. The highest BCUT2D eigenvalue weighted by Crippen LogP contribution is 2.23. The Morgan fingerprint density at radius 1 is 1.00 bits per heavy atom. The molecule has 0 saturated carbocycles. The third-order valence-corrected chi connectivity index (χ3v) is 4.82. The van der Waals surface area contributed by atoms with Crippen LogP contribution >= 0.6 is 0 Å². The Kier molecular flexibility index (Phi) is 6.82. The molecule has 1 saturated heterocycles. The van der Waals surface area contributed by atoms with Gasteiger partial charge >= 0.3 is 6.09 Å². The molecule has 1 aromatic carbocycles. The Morgan fingerprint density at radius 3 is 2.07 bits per heavy atom. The van der Waals surface area contributed by atoms with Crippen molar-refractivity contribution >= 4 is 23.6 Å². The molecule has 1 aliphatic heterocycles. The number of benzene rings is 1. The van der Waals surface area contributed by atoms with E-state index in [9.17, 15) is 14.4 Å². The Morgan fingerprint density at radius 2 is 1.56 bits per heavy atom. The number of hydrogen-bond donors (Lipinski definition) is 1. The van der Waals surface area contributed by atoms with E-state index in [2.05, 4.69) is 12.2 Å². The molecule has 1 aliphatic rings. The van der Waals surface area contributed by atoms with Gasteiger partial charge in [-0.25, -0.2) is 4.79 Å². The summed E-state index contributed by atoms with van der Waals surface area (Å²) in [6.45, 7) is 8.99. The van der Waals surface area contributed by atoms with Crippen LogP contribution in [-0.2, 0) is 20.7 Å². The molecule has 1 heterocycles. The first-order valence-corrected chi connectivity index (χ1v) is 9.41. The maximum absolute atomic E-state index is 12.9. The van der Waals surface area contributed by atoms with E-state index in [0.717, 1.165) is 6.42 Å². The average Bonchev–Trinajstić information content (AvgIpc) is 2.68. The number of carbonyl (C=O) groups is 3. The third kappa shape index (κ3) is 4.99. The predicted molar refractivity (Wildman–Crippen MR) is 103 cm³/mol. The van der Waals surface area contributed by atoms with Gasteiger partial charge in [-0.1, -0.05) is 19.1 Å². The molecule has 7 nitrogen and oxygen atoms in total. The van der Waals surface area contributed by atoms with E-state index < -0.39 is 5.41 Å². The van der Waals surface area contributed by atoms with Gasteiger partial charge in [0.05, 0.1) is 6.61 Å². The first kappa shape index (κ1) is 20.7. The van der Waals surface area contributed by atoms with E-state index in [1.54, 1.807) is 30.6 Å². The van der Waals surface area contributed by atoms with Gasteiger partial charge in [-0.3, -0.25) is 9.59 Å². The topological polar surface area (TPSA) is 79.0 Å². The van der Waals surface area contributed by atoms with Gasteiger partial charge in [0.15, 0.2) is 0 Å². The van der Waals surface area contributed by atoms with E-state index in [-0.39, 0.29) is 17.9 Å². The SMILES string of the molecule is CCOC(=O)N1CCN(C(=O)C(C)(C)C(=O)Nc2ccc(CC)cc2)CC1. The number of amides is 3. The summed E-state index contributed by atoms with van der Waals surface area (Å²) >= 11 is 0. The van der Waals surface area contributed by atoms with Crippen LogP contribution in [0.15, 0.2) is 24.3 Å². The monoisotopic (exact) mass is 375 g/mol. The van der Waals surface area contributed by atoms with Crippen molar-refractivity contribution in [1.82, 2.24) is 9.80 Å². The lowest BCUT2D eigenvalue weighted by Gasteiger charge is -2.37. The van der Waals surface area contributed by atoms with Crippen molar-refractivity contribution < 1.29 is 19.1 Å². The second-order valence-electron chi connectivity index (χ2n) is 7.11. The van der Waals surface area contributed by atoms with Gasteiger partial charge in [0.25, 0.3) is 0 Å². The molecule has 0 unspecified atom stereocenters. The molecule has 0 radical (unpaired) electrons. The smallest absolute Gasteiger partial charge is 0.409 e. The van der Waals surface area contributed by atoms with Crippen molar-refractivity contribution in [2.75, 3.05) is 38.1 Å². The zero-order valence-corrected chi connectivity index (χ0v) is 16.6. The number of rotatable bonds is 5. The molecular weight excluding hydrogens is 346 g/mol. The lowest BCUT2D eigenvalue weighted by atomic mass is 9.89. The van der Waals surface area contributed by atoms with Crippen LogP contribution in [0, 0.1) is 5.41 Å². The zero-order chi connectivity index (χ0) is 20.0. The highest BCUT2D eigenvalue weighted by atomic mass is 16.6. The predicted octanol–water partition coefficient (Wildman–Crippen LogP) is 2.51. The average molecular weight is 375 g/mol. The molecule has 27 heavy (non-hydrogen) atoms. The molecule has 0 bridgehead atoms. The molecule has 3 amide bonds. The number of anilines is 1. The second kappa shape index (κ2) is 8.88. The van der Waals surface area contributed by atoms with Gasteiger partial charge < -0.3 is 19.9 Å². The minimum Gasteiger partial charge on any atom is -0.450 e. The van der Waals surface area contributed by atoms with Crippen LogP contribution in [0.3, 0.4) is 0 Å². The lowest BCUT2D eigenvalue weighted by Crippen LogP contribution is -2.55. The number of aryl methyl sites for hydroxylation is 1. The summed E-state index contributed by atoms with van der Waals surface area (Å²) in [5.41, 5.74) is 0.656. The normalized spacial score (nSPS) is 14.7. The maximum atomic E-state index is 12.9. The number of hydrogen-bond acceptors (Lipinski definition) is 4. The summed E-state index contributed by atoms with van der Waals surface area (Å²) < 4.78 is 4.98. The first-order chi connectivity index (χ1) is 12.8. The molecule has 1 N–H and O–H groups in total. The number of carbonyl (C=O) groups excluding carboxylic acids is 3. The standard InChI is InChI=1S/C20H29N3O4/c1-5-15-7-9-16(10-8-15)21-17(24)20(3,4)18(25)22-11-13-23(14-12-22)19(26)27-6-2/h7-10H,5-6,11-14H2,1-4H3,(H,21,24). The van der Waals surface area contributed by atoms with E-state index in [1.807, 2.05) is 24.3 Å². The van der Waals surface area contributed by atoms with Crippen molar-refractivity contribution in [3.63, 3.8) is 0 Å². The number of piperazine rings is 1. The summed E-state index contributed by atoms with van der Waals surface area (Å²) in [5, 5.41) is 2.83. The van der Waals surface area contributed by atoms with Crippen molar-refractivity contribution in [2.45, 2.75) is 34.1 Å². The van der Waals surface area contributed by atoms with Gasteiger partial charge in [-0.15, -0.1) is 0 Å². The molecule has 1 fully saturated rings. The molecule has 0 atom stereocenters. The van der Waals surface area contributed by atoms with E-state index in [1.165, 1.54) is 5.56 Å². The van der Waals surface area contributed by atoms with Crippen molar-refractivity contribution in [3.05, 3.63) is 29.8 Å².